The first kappa shape index (κ1) is 20.2. The molecule has 0 fully saturated rings. The SMILES string of the molecule is CN(CC(=O)O)C(=O)COc1ccc2c(c1)C(O)(C(F)(F)P)c1ccccc1-2. The zero-order valence-corrected chi connectivity index (χ0v) is 16.0. The third kappa shape index (κ3) is 3.34. The maximum atomic E-state index is 14.4. The lowest BCUT2D eigenvalue weighted by Gasteiger charge is -2.31. The Labute approximate surface area is 161 Å². The summed E-state index contributed by atoms with van der Waals surface area (Å²) in [5, 5.41) is 19.7. The van der Waals surface area contributed by atoms with Gasteiger partial charge in [0.2, 0.25) is 0 Å². The fraction of sp³-hybridized carbons (Fsp3) is 0.263. The van der Waals surface area contributed by atoms with Gasteiger partial charge in [-0.1, -0.05) is 39.6 Å². The molecular weight excluding hydrogens is 391 g/mol. The van der Waals surface area contributed by atoms with Crippen molar-refractivity contribution in [2.24, 2.45) is 0 Å². The molecule has 2 aromatic rings. The number of carboxylic acids is 1. The number of rotatable bonds is 6. The van der Waals surface area contributed by atoms with Gasteiger partial charge in [-0.15, -0.1) is 0 Å². The number of aliphatic carboxylic acids is 1. The minimum Gasteiger partial charge on any atom is -0.484 e. The van der Waals surface area contributed by atoms with Crippen molar-refractivity contribution >= 4 is 21.1 Å². The molecule has 0 radical (unpaired) electrons. The van der Waals surface area contributed by atoms with Crippen molar-refractivity contribution in [1.29, 1.82) is 0 Å². The van der Waals surface area contributed by atoms with Crippen LogP contribution in [0.5, 0.6) is 5.75 Å². The Morgan fingerprint density at radius 3 is 2.46 bits per heavy atom. The number of carbonyl (C=O) groups is 2. The average Bonchev–Trinajstić information content (AvgIpc) is 2.89. The van der Waals surface area contributed by atoms with E-state index in [9.17, 15) is 23.5 Å². The summed E-state index contributed by atoms with van der Waals surface area (Å²) in [6, 6.07) is 10.7. The second-order valence-electron chi connectivity index (χ2n) is 6.52. The van der Waals surface area contributed by atoms with E-state index in [2.05, 4.69) is 0 Å². The molecule has 1 amide bonds. The number of fused-ring (bicyclic) bond motifs is 3. The van der Waals surface area contributed by atoms with Gasteiger partial charge in [-0.2, -0.15) is 8.78 Å². The highest BCUT2D eigenvalue weighted by Gasteiger charge is 2.56. The normalized spacial score (nSPS) is 17.6. The average molecular weight is 409 g/mol. The second-order valence-corrected chi connectivity index (χ2v) is 7.24. The van der Waals surface area contributed by atoms with E-state index in [1.54, 1.807) is 24.3 Å². The highest BCUT2D eigenvalue weighted by Crippen LogP contribution is 2.57. The van der Waals surface area contributed by atoms with E-state index in [1.807, 2.05) is 0 Å². The van der Waals surface area contributed by atoms with E-state index < -0.39 is 36.3 Å². The number of ether oxygens (including phenoxy) is 1. The first-order valence-corrected chi connectivity index (χ1v) is 8.85. The number of aliphatic hydroxyl groups is 1. The van der Waals surface area contributed by atoms with Crippen LogP contribution in [0.2, 0.25) is 0 Å². The molecular formula is C19H18F2NO5P. The van der Waals surface area contributed by atoms with Crippen molar-refractivity contribution in [3.05, 3.63) is 53.6 Å². The number of hydrogen-bond acceptors (Lipinski definition) is 4. The van der Waals surface area contributed by atoms with E-state index >= 15 is 0 Å². The molecule has 2 unspecified atom stereocenters. The molecule has 0 aromatic heterocycles. The van der Waals surface area contributed by atoms with E-state index in [0.29, 0.717) is 11.1 Å². The smallest absolute Gasteiger partial charge is 0.323 e. The summed E-state index contributed by atoms with van der Waals surface area (Å²) >= 11 is 0. The van der Waals surface area contributed by atoms with Gasteiger partial charge in [0.1, 0.15) is 12.3 Å². The number of amides is 1. The minimum absolute atomic E-state index is 0.0301. The molecule has 2 atom stereocenters. The van der Waals surface area contributed by atoms with Crippen molar-refractivity contribution in [3.8, 4) is 16.9 Å². The van der Waals surface area contributed by atoms with Crippen LogP contribution >= 0.6 is 9.24 Å². The zero-order chi connectivity index (χ0) is 20.7. The molecule has 0 saturated heterocycles. The van der Waals surface area contributed by atoms with E-state index in [-0.39, 0.29) is 16.9 Å². The molecule has 1 aliphatic rings. The Morgan fingerprint density at radius 1 is 1.18 bits per heavy atom. The number of carboxylic acid groups (broad SMARTS) is 1. The molecule has 0 saturated carbocycles. The topological polar surface area (TPSA) is 87.1 Å². The van der Waals surface area contributed by atoms with E-state index in [0.717, 1.165) is 4.90 Å². The van der Waals surface area contributed by atoms with Crippen LogP contribution < -0.4 is 4.74 Å². The van der Waals surface area contributed by atoms with Gasteiger partial charge >= 0.3 is 5.97 Å². The number of alkyl halides is 2. The monoisotopic (exact) mass is 409 g/mol. The summed E-state index contributed by atoms with van der Waals surface area (Å²) in [5.41, 5.74) is -5.12. The highest BCUT2D eigenvalue weighted by atomic mass is 31.0. The van der Waals surface area contributed by atoms with Crippen LogP contribution in [0.4, 0.5) is 8.78 Å². The van der Waals surface area contributed by atoms with Crippen LogP contribution in [-0.2, 0) is 15.2 Å². The molecule has 0 bridgehead atoms. The van der Waals surface area contributed by atoms with Gasteiger partial charge in [0.05, 0.1) is 0 Å². The lowest BCUT2D eigenvalue weighted by atomic mass is 9.91. The van der Waals surface area contributed by atoms with Gasteiger partial charge in [-0.05, 0) is 23.3 Å². The number of halogens is 2. The van der Waals surface area contributed by atoms with Gasteiger partial charge in [0.25, 0.3) is 11.6 Å². The maximum Gasteiger partial charge on any atom is 0.323 e. The lowest BCUT2D eigenvalue weighted by molar-refractivity contribution is -0.144. The van der Waals surface area contributed by atoms with Crippen LogP contribution in [0.25, 0.3) is 11.1 Å². The summed E-state index contributed by atoms with van der Waals surface area (Å²) in [6.45, 7) is -0.952. The Balaban J connectivity index is 1.91. The molecule has 3 rings (SSSR count). The Bertz CT molecular complexity index is 946. The van der Waals surface area contributed by atoms with Crippen LogP contribution in [0, 0.1) is 0 Å². The van der Waals surface area contributed by atoms with Gasteiger partial charge in [0, 0.05) is 18.2 Å². The molecule has 6 nitrogen and oxygen atoms in total. The van der Waals surface area contributed by atoms with Crippen molar-refractivity contribution in [2.75, 3.05) is 20.2 Å². The molecule has 1 aliphatic carbocycles. The second kappa shape index (κ2) is 7.11. The van der Waals surface area contributed by atoms with Crippen molar-refractivity contribution in [1.82, 2.24) is 4.90 Å². The quantitative estimate of drug-likeness (QED) is 0.715. The Hall–Kier alpha value is -2.57. The number of benzene rings is 2. The summed E-state index contributed by atoms with van der Waals surface area (Å²) in [4.78, 5) is 23.5. The molecule has 0 heterocycles. The molecule has 0 spiro atoms. The van der Waals surface area contributed by atoms with Gasteiger partial charge in [-0.3, -0.25) is 9.59 Å². The third-order valence-electron chi connectivity index (χ3n) is 4.63. The molecule has 2 N–H and O–H groups in total. The van der Waals surface area contributed by atoms with Crippen LogP contribution in [0.3, 0.4) is 0 Å². The van der Waals surface area contributed by atoms with Gasteiger partial charge in [-0.25, -0.2) is 0 Å². The van der Waals surface area contributed by atoms with Crippen molar-refractivity contribution in [2.45, 2.75) is 11.3 Å². The standard InChI is InChI=1S/C19H18F2NO5P/c1-22(9-17(24)25)16(23)10-27-11-6-7-13-12-4-2-3-5-14(12)18(26,15(13)8-11)19(20,21)28/h2-8,26H,9-10,28H2,1H3,(H,24,25). The number of carbonyl (C=O) groups excluding carboxylic acids is 1. The summed E-state index contributed by atoms with van der Waals surface area (Å²) in [6.07, 6.45) is 0. The fourth-order valence-corrected chi connectivity index (χ4v) is 3.54. The molecule has 2 aromatic carbocycles. The predicted octanol–water partition coefficient (Wildman–Crippen LogP) is 2.29. The first-order valence-electron chi connectivity index (χ1n) is 8.27. The number of likely N-dealkylation sites (N-methyl/N-ethyl adjacent to an activating group) is 1. The van der Waals surface area contributed by atoms with Crippen LogP contribution in [0.15, 0.2) is 42.5 Å². The molecule has 9 heteroatoms. The van der Waals surface area contributed by atoms with Gasteiger partial charge < -0.3 is 19.8 Å². The maximum absolute atomic E-state index is 14.4. The van der Waals surface area contributed by atoms with Crippen LogP contribution in [-0.4, -0.2) is 52.9 Å². The highest BCUT2D eigenvalue weighted by molar-refractivity contribution is 7.18. The largest absolute Gasteiger partial charge is 0.484 e. The summed E-state index contributed by atoms with van der Waals surface area (Å²) in [7, 11) is 2.69. The number of nitrogens with zero attached hydrogens (tertiary/aromatic N) is 1. The van der Waals surface area contributed by atoms with E-state index in [4.69, 9.17) is 9.84 Å². The predicted molar refractivity (Wildman–Crippen MR) is 100 cm³/mol. The number of hydrogen-bond donors (Lipinski definition) is 2. The molecule has 28 heavy (non-hydrogen) atoms. The van der Waals surface area contributed by atoms with Gasteiger partial charge in [0.15, 0.2) is 12.2 Å². The van der Waals surface area contributed by atoms with E-state index in [1.165, 1.54) is 34.5 Å². The first-order chi connectivity index (χ1) is 13.1. The Kier molecular flexibility index (Phi) is 5.12. The van der Waals surface area contributed by atoms with Crippen LogP contribution in [0.1, 0.15) is 11.1 Å². The Morgan fingerprint density at radius 2 is 1.82 bits per heavy atom. The molecule has 0 aliphatic heterocycles. The summed E-state index contributed by atoms with van der Waals surface area (Å²) in [5.74, 6) is -1.65. The molecule has 148 valence electrons. The minimum atomic E-state index is -3.55. The fourth-order valence-electron chi connectivity index (χ4n) is 3.23. The zero-order valence-electron chi connectivity index (χ0n) is 14.9. The summed E-state index contributed by atoms with van der Waals surface area (Å²) < 4.78 is 34.1. The van der Waals surface area contributed by atoms with Crippen molar-refractivity contribution < 1.29 is 33.3 Å². The lowest BCUT2D eigenvalue weighted by Crippen LogP contribution is -2.40. The van der Waals surface area contributed by atoms with Crippen molar-refractivity contribution in [3.63, 3.8) is 0 Å². The third-order valence-corrected chi connectivity index (χ3v) is 5.05.